The van der Waals surface area contributed by atoms with Gasteiger partial charge in [-0.15, -0.1) is 0 Å². The Balaban J connectivity index is 2.13. The zero-order chi connectivity index (χ0) is 19.0. The third-order valence-electron chi connectivity index (χ3n) is 5.19. The molecule has 0 N–H and O–H groups in total. The van der Waals surface area contributed by atoms with Gasteiger partial charge in [-0.1, -0.05) is 18.2 Å². The summed E-state index contributed by atoms with van der Waals surface area (Å²) in [5.74, 6) is -0.920. The van der Waals surface area contributed by atoms with E-state index in [1.807, 2.05) is 18.2 Å². The number of aryl methyl sites for hydroxylation is 2. The summed E-state index contributed by atoms with van der Waals surface area (Å²) in [6, 6.07) is 10.00. The number of benzene rings is 2. The summed E-state index contributed by atoms with van der Waals surface area (Å²) in [4.78, 5) is 25.5. The van der Waals surface area contributed by atoms with E-state index < -0.39 is 11.9 Å². The van der Waals surface area contributed by atoms with Gasteiger partial charge in [-0.3, -0.25) is 0 Å². The van der Waals surface area contributed by atoms with Crippen molar-refractivity contribution in [3.63, 3.8) is 0 Å². The average Bonchev–Trinajstić information content (AvgIpc) is 2.82. The molecule has 3 aromatic rings. The van der Waals surface area contributed by atoms with Gasteiger partial charge in [0.15, 0.2) is 0 Å². The molecule has 1 aliphatic rings. The van der Waals surface area contributed by atoms with E-state index in [1.54, 1.807) is 13.8 Å². The standard InChI is InChI=1S/C22H23NO4/c1-3-26-21(24)17-13-16-14-9-5-6-11-18(14)23-12-8-7-10-15(20(16)23)19(17)22(25)27-4-2/h5-6,9,11,13H,3-4,7-8,10,12H2,1-2H3. The molecule has 0 saturated heterocycles. The Morgan fingerprint density at radius 1 is 1.00 bits per heavy atom. The van der Waals surface area contributed by atoms with Gasteiger partial charge < -0.3 is 14.0 Å². The molecular weight excluding hydrogens is 342 g/mol. The third-order valence-corrected chi connectivity index (χ3v) is 5.19. The molecule has 0 bridgehead atoms. The number of aromatic nitrogens is 1. The Labute approximate surface area is 157 Å². The van der Waals surface area contributed by atoms with E-state index in [1.165, 1.54) is 0 Å². The topological polar surface area (TPSA) is 57.5 Å². The predicted octanol–water partition coefficient (Wildman–Crippen LogP) is 4.48. The lowest BCUT2D eigenvalue weighted by Gasteiger charge is -2.15. The molecule has 4 rings (SSSR count). The average molecular weight is 365 g/mol. The van der Waals surface area contributed by atoms with Crippen molar-refractivity contribution in [3.05, 3.63) is 47.0 Å². The lowest BCUT2D eigenvalue weighted by molar-refractivity contribution is 0.0478. The first-order chi connectivity index (χ1) is 13.2. The van der Waals surface area contributed by atoms with Crippen LogP contribution in [-0.2, 0) is 22.4 Å². The molecule has 5 nitrogen and oxygen atoms in total. The molecule has 0 fully saturated rings. The highest BCUT2D eigenvalue weighted by molar-refractivity contribution is 6.16. The molecule has 0 atom stereocenters. The van der Waals surface area contributed by atoms with Crippen molar-refractivity contribution in [2.45, 2.75) is 39.7 Å². The summed E-state index contributed by atoms with van der Waals surface area (Å²) in [6.07, 6.45) is 2.73. The minimum absolute atomic E-state index is 0.260. The lowest BCUT2D eigenvalue weighted by Crippen LogP contribution is -2.17. The second kappa shape index (κ2) is 7.06. The zero-order valence-corrected chi connectivity index (χ0v) is 15.7. The van der Waals surface area contributed by atoms with Crippen molar-refractivity contribution in [1.29, 1.82) is 0 Å². The fourth-order valence-electron chi connectivity index (χ4n) is 4.15. The number of hydrogen-bond donors (Lipinski definition) is 0. The summed E-state index contributed by atoms with van der Waals surface area (Å²) >= 11 is 0. The second-order valence-corrected chi connectivity index (χ2v) is 6.74. The van der Waals surface area contributed by atoms with Gasteiger partial charge in [0.25, 0.3) is 0 Å². The van der Waals surface area contributed by atoms with Crippen LogP contribution in [0.1, 0.15) is 53.0 Å². The van der Waals surface area contributed by atoms with E-state index in [0.29, 0.717) is 11.1 Å². The maximum Gasteiger partial charge on any atom is 0.339 e. The van der Waals surface area contributed by atoms with Crippen LogP contribution < -0.4 is 0 Å². The molecule has 0 spiro atoms. The number of fused-ring (bicyclic) bond motifs is 3. The molecule has 2 aromatic carbocycles. The Morgan fingerprint density at radius 3 is 2.52 bits per heavy atom. The first-order valence-corrected chi connectivity index (χ1v) is 9.58. The number of esters is 2. The number of ether oxygens (including phenoxy) is 2. The summed E-state index contributed by atoms with van der Waals surface area (Å²) in [7, 11) is 0. The monoisotopic (exact) mass is 365 g/mol. The number of para-hydroxylation sites is 1. The van der Waals surface area contributed by atoms with Gasteiger partial charge in [0, 0.05) is 22.8 Å². The quantitative estimate of drug-likeness (QED) is 0.640. The van der Waals surface area contributed by atoms with Gasteiger partial charge in [-0.2, -0.15) is 0 Å². The Kier molecular flexibility index (Phi) is 4.60. The molecule has 0 amide bonds. The first kappa shape index (κ1) is 17.6. The van der Waals surface area contributed by atoms with E-state index >= 15 is 0 Å². The van der Waals surface area contributed by atoms with Gasteiger partial charge in [-0.05, 0) is 50.8 Å². The number of carbonyl (C=O) groups excluding carboxylic acids is 2. The molecule has 1 aromatic heterocycles. The van der Waals surface area contributed by atoms with E-state index in [9.17, 15) is 9.59 Å². The van der Waals surface area contributed by atoms with E-state index in [4.69, 9.17) is 9.47 Å². The predicted molar refractivity (Wildman–Crippen MR) is 104 cm³/mol. The van der Waals surface area contributed by atoms with Gasteiger partial charge in [-0.25, -0.2) is 9.59 Å². The minimum Gasteiger partial charge on any atom is -0.462 e. The maximum absolute atomic E-state index is 12.8. The van der Waals surface area contributed by atoms with Gasteiger partial charge in [0.2, 0.25) is 0 Å². The fraction of sp³-hybridized carbons (Fsp3) is 0.364. The highest BCUT2D eigenvalue weighted by Crippen LogP contribution is 2.37. The number of rotatable bonds is 4. The molecule has 5 heteroatoms. The van der Waals surface area contributed by atoms with Crippen molar-refractivity contribution in [2.24, 2.45) is 0 Å². The van der Waals surface area contributed by atoms with Crippen molar-refractivity contribution in [1.82, 2.24) is 4.57 Å². The SMILES string of the molecule is CCOC(=O)c1cc2c3ccccc3n3c2c(c1C(=O)OCC)CCCC3. The van der Waals surface area contributed by atoms with Crippen molar-refractivity contribution in [2.75, 3.05) is 13.2 Å². The smallest absolute Gasteiger partial charge is 0.339 e. The molecule has 0 unspecified atom stereocenters. The largest absolute Gasteiger partial charge is 0.462 e. The third kappa shape index (κ3) is 2.78. The Morgan fingerprint density at radius 2 is 1.74 bits per heavy atom. The zero-order valence-electron chi connectivity index (χ0n) is 15.7. The van der Waals surface area contributed by atoms with Crippen LogP contribution in [0.25, 0.3) is 21.8 Å². The van der Waals surface area contributed by atoms with Gasteiger partial charge >= 0.3 is 11.9 Å². The van der Waals surface area contributed by atoms with Crippen LogP contribution in [-0.4, -0.2) is 29.7 Å². The number of carbonyl (C=O) groups is 2. The molecular formula is C22H23NO4. The van der Waals surface area contributed by atoms with E-state index in [0.717, 1.165) is 53.2 Å². The van der Waals surface area contributed by atoms with Crippen molar-refractivity contribution < 1.29 is 19.1 Å². The van der Waals surface area contributed by atoms with Crippen LogP contribution in [0.5, 0.6) is 0 Å². The van der Waals surface area contributed by atoms with Crippen LogP contribution in [0.15, 0.2) is 30.3 Å². The maximum atomic E-state index is 12.8. The number of hydrogen-bond acceptors (Lipinski definition) is 4. The van der Waals surface area contributed by atoms with Crippen LogP contribution in [0.4, 0.5) is 0 Å². The normalized spacial score (nSPS) is 13.6. The Hall–Kier alpha value is -2.82. The number of nitrogens with zero attached hydrogens (tertiary/aromatic N) is 1. The minimum atomic E-state index is -0.472. The van der Waals surface area contributed by atoms with Crippen LogP contribution >= 0.6 is 0 Å². The molecule has 0 radical (unpaired) electrons. The molecule has 140 valence electrons. The summed E-state index contributed by atoms with van der Waals surface area (Å²) in [5.41, 5.74) is 3.76. The van der Waals surface area contributed by atoms with Crippen LogP contribution in [0, 0.1) is 0 Å². The highest BCUT2D eigenvalue weighted by Gasteiger charge is 2.29. The first-order valence-electron chi connectivity index (χ1n) is 9.58. The van der Waals surface area contributed by atoms with E-state index in [-0.39, 0.29) is 13.2 Å². The molecule has 0 aliphatic carbocycles. The lowest BCUT2D eigenvalue weighted by atomic mass is 9.94. The molecule has 1 aliphatic heterocycles. The highest BCUT2D eigenvalue weighted by atomic mass is 16.5. The summed E-state index contributed by atoms with van der Waals surface area (Å²) < 4.78 is 12.9. The van der Waals surface area contributed by atoms with Gasteiger partial charge in [0.05, 0.1) is 29.9 Å². The molecule has 0 saturated carbocycles. The molecule has 27 heavy (non-hydrogen) atoms. The van der Waals surface area contributed by atoms with Crippen molar-refractivity contribution in [3.8, 4) is 0 Å². The van der Waals surface area contributed by atoms with Crippen molar-refractivity contribution >= 4 is 33.7 Å². The second-order valence-electron chi connectivity index (χ2n) is 6.74. The van der Waals surface area contributed by atoms with Crippen LogP contribution in [0.2, 0.25) is 0 Å². The van der Waals surface area contributed by atoms with Crippen LogP contribution in [0.3, 0.4) is 0 Å². The molecule has 2 heterocycles. The van der Waals surface area contributed by atoms with E-state index in [2.05, 4.69) is 16.7 Å². The fourth-order valence-corrected chi connectivity index (χ4v) is 4.15. The van der Waals surface area contributed by atoms with Gasteiger partial charge in [0.1, 0.15) is 0 Å². The summed E-state index contributed by atoms with van der Waals surface area (Å²) in [5, 5.41) is 2.09. The summed E-state index contributed by atoms with van der Waals surface area (Å²) in [6.45, 7) is 4.96. The Bertz CT molecular complexity index is 1050.